The van der Waals surface area contributed by atoms with Crippen molar-refractivity contribution in [2.24, 2.45) is 11.7 Å². The Hall–Kier alpha value is -2.56. The third-order valence-corrected chi connectivity index (χ3v) is 4.25. The molecule has 23 heavy (non-hydrogen) atoms. The number of primary amides is 1. The molecule has 2 heterocycles. The summed E-state index contributed by atoms with van der Waals surface area (Å²) in [6, 6.07) is 13.7. The van der Waals surface area contributed by atoms with Gasteiger partial charge in [0, 0.05) is 31.5 Å². The summed E-state index contributed by atoms with van der Waals surface area (Å²) in [7, 11) is 0. The summed E-state index contributed by atoms with van der Waals surface area (Å²) in [6.07, 6.45) is 1.61. The van der Waals surface area contributed by atoms with Gasteiger partial charge >= 0.3 is 0 Å². The molecular weight excluding hydrogens is 292 g/mol. The smallest absolute Gasteiger partial charge is 0.223 e. The van der Waals surface area contributed by atoms with Crippen molar-refractivity contribution < 1.29 is 14.0 Å². The molecule has 0 radical (unpaired) electrons. The fraction of sp³-hybridized carbons (Fsp3) is 0.333. The molecule has 1 aromatic heterocycles. The van der Waals surface area contributed by atoms with Gasteiger partial charge in [0.1, 0.15) is 11.5 Å². The molecule has 5 heteroatoms. The standard InChI is InChI=1S/C18H20N2O3/c19-18(22)14-10-11-20(12-14)17(21)9-7-15-6-8-16(23-15)13-4-2-1-3-5-13/h1-6,8,14H,7,9-12H2,(H2,19,22)/t14-/m0/s1. The van der Waals surface area contributed by atoms with Gasteiger partial charge in [0.05, 0.1) is 5.92 Å². The van der Waals surface area contributed by atoms with E-state index in [1.165, 1.54) is 0 Å². The Balaban J connectivity index is 1.54. The fourth-order valence-corrected chi connectivity index (χ4v) is 2.88. The summed E-state index contributed by atoms with van der Waals surface area (Å²) in [5.74, 6) is 1.13. The lowest BCUT2D eigenvalue weighted by molar-refractivity contribution is -0.130. The van der Waals surface area contributed by atoms with Gasteiger partial charge in [-0.2, -0.15) is 0 Å². The Kier molecular flexibility index (Phi) is 4.46. The predicted molar refractivity (Wildman–Crippen MR) is 86.3 cm³/mol. The average molecular weight is 312 g/mol. The first-order valence-electron chi connectivity index (χ1n) is 7.84. The SMILES string of the molecule is NC(=O)[C@H]1CCN(C(=O)CCc2ccc(-c3ccccc3)o2)C1. The maximum Gasteiger partial charge on any atom is 0.223 e. The van der Waals surface area contributed by atoms with E-state index in [0.29, 0.717) is 32.4 Å². The zero-order valence-electron chi connectivity index (χ0n) is 12.9. The van der Waals surface area contributed by atoms with Crippen LogP contribution in [-0.4, -0.2) is 29.8 Å². The minimum Gasteiger partial charge on any atom is -0.461 e. The van der Waals surface area contributed by atoms with Gasteiger partial charge in [-0.3, -0.25) is 9.59 Å². The van der Waals surface area contributed by atoms with Crippen LogP contribution < -0.4 is 5.73 Å². The molecule has 2 aromatic rings. The monoisotopic (exact) mass is 312 g/mol. The van der Waals surface area contributed by atoms with Crippen LogP contribution in [0.2, 0.25) is 0 Å². The normalized spacial score (nSPS) is 17.4. The minimum atomic E-state index is -0.321. The van der Waals surface area contributed by atoms with Crippen LogP contribution in [0.3, 0.4) is 0 Å². The Morgan fingerprint density at radius 2 is 1.96 bits per heavy atom. The van der Waals surface area contributed by atoms with Crippen LogP contribution in [0.1, 0.15) is 18.6 Å². The maximum absolute atomic E-state index is 12.2. The molecule has 1 saturated heterocycles. The second kappa shape index (κ2) is 6.69. The number of aryl methyl sites for hydroxylation is 1. The molecule has 2 N–H and O–H groups in total. The number of amides is 2. The molecule has 2 amide bonds. The molecule has 0 saturated carbocycles. The van der Waals surface area contributed by atoms with E-state index < -0.39 is 0 Å². The molecule has 1 atom stereocenters. The lowest BCUT2D eigenvalue weighted by atomic mass is 10.1. The Bertz CT molecular complexity index is 693. The van der Waals surface area contributed by atoms with Crippen LogP contribution in [0, 0.1) is 5.92 Å². The highest BCUT2D eigenvalue weighted by atomic mass is 16.3. The van der Waals surface area contributed by atoms with Crippen molar-refractivity contribution in [2.45, 2.75) is 19.3 Å². The van der Waals surface area contributed by atoms with Crippen LogP contribution in [0.15, 0.2) is 46.9 Å². The highest BCUT2D eigenvalue weighted by Gasteiger charge is 2.29. The molecular formula is C18H20N2O3. The first kappa shape index (κ1) is 15.3. The first-order valence-corrected chi connectivity index (χ1v) is 7.84. The number of nitrogens with two attached hydrogens (primary N) is 1. The Morgan fingerprint density at radius 1 is 1.17 bits per heavy atom. The lowest BCUT2D eigenvalue weighted by Gasteiger charge is -2.15. The van der Waals surface area contributed by atoms with E-state index in [2.05, 4.69) is 0 Å². The summed E-state index contributed by atoms with van der Waals surface area (Å²) < 4.78 is 5.80. The van der Waals surface area contributed by atoms with Crippen molar-refractivity contribution >= 4 is 11.8 Å². The van der Waals surface area contributed by atoms with E-state index in [-0.39, 0.29) is 17.7 Å². The molecule has 0 spiro atoms. The molecule has 0 aliphatic carbocycles. The molecule has 120 valence electrons. The van der Waals surface area contributed by atoms with Gasteiger partial charge in [0.2, 0.25) is 11.8 Å². The maximum atomic E-state index is 12.2. The number of hydrogen-bond donors (Lipinski definition) is 1. The van der Waals surface area contributed by atoms with Gasteiger partial charge in [-0.25, -0.2) is 0 Å². The number of benzene rings is 1. The van der Waals surface area contributed by atoms with Crippen molar-refractivity contribution in [3.63, 3.8) is 0 Å². The number of rotatable bonds is 5. The van der Waals surface area contributed by atoms with Crippen LogP contribution in [0.5, 0.6) is 0 Å². The second-order valence-electron chi connectivity index (χ2n) is 5.86. The van der Waals surface area contributed by atoms with Gasteiger partial charge in [0.15, 0.2) is 0 Å². The fourth-order valence-electron chi connectivity index (χ4n) is 2.88. The van der Waals surface area contributed by atoms with E-state index in [9.17, 15) is 9.59 Å². The van der Waals surface area contributed by atoms with Crippen molar-refractivity contribution in [1.29, 1.82) is 0 Å². The average Bonchev–Trinajstić information content (AvgIpc) is 3.23. The zero-order chi connectivity index (χ0) is 16.2. The van der Waals surface area contributed by atoms with Crippen molar-refractivity contribution in [3.8, 4) is 11.3 Å². The lowest BCUT2D eigenvalue weighted by Crippen LogP contribution is -2.31. The minimum absolute atomic E-state index is 0.0476. The zero-order valence-corrected chi connectivity index (χ0v) is 12.9. The van der Waals surface area contributed by atoms with Gasteiger partial charge < -0.3 is 15.1 Å². The number of carbonyl (C=O) groups excluding carboxylic acids is 2. The first-order chi connectivity index (χ1) is 11.1. The van der Waals surface area contributed by atoms with Crippen LogP contribution >= 0.6 is 0 Å². The summed E-state index contributed by atoms with van der Waals surface area (Å²) in [5.41, 5.74) is 6.31. The second-order valence-corrected chi connectivity index (χ2v) is 5.86. The van der Waals surface area contributed by atoms with Crippen molar-refractivity contribution in [2.75, 3.05) is 13.1 Å². The summed E-state index contributed by atoms with van der Waals surface area (Å²) in [4.78, 5) is 25.1. The van der Waals surface area contributed by atoms with E-state index in [0.717, 1.165) is 17.1 Å². The summed E-state index contributed by atoms with van der Waals surface area (Å²) >= 11 is 0. The quantitative estimate of drug-likeness (QED) is 0.919. The summed E-state index contributed by atoms with van der Waals surface area (Å²) in [5, 5.41) is 0. The molecule has 3 rings (SSSR count). The van der Waals surface area contributed by atoms with E-state index in [1.807, 2.05) is 42.5 Å². The topological polar surface area (TPSA) is 76.5 Å². The third kappa shape index (κ3) is 3.62. The van der Waals surface area contributed by atoms with Crippen LogP contribution in [0.25, 0.3) is 11.3 Å². The number of hydrogen-bond acceptors (Lipinski definition) is 3. The molecule has 0 bridgehead atoms. The highest BCUT2D eigenvalue weighted by molar-refractivity contribution is 5.81. The van der Waals surface area contributed by atoms with Gasteiger partial charge in [-0.1, -0.05) is 30.3 Å². The van der Waals surface area contributed by atoms with Gasteiger partial charge in [0.25, 0.3) is 0 Å². The molecule has 0 unspecified atom stereocenters. The van der Waals surface area contributed by atoms with Gasteiger partial charge in [-0.05, 0) is 18.6 Å². The highest BCUT2D eigenvalue weighted by Crippen LogP contribution is 2.23. The van der Waals surface area contributed by atoms with E-state index in [1.54, 1.807) is 4.90 Å². The molecule has 1 aromatic carbocycles. The van der Waals surface area contributed by atoms with Crippen LogP contribution in [-0.2, 0) is 16.0 Å². The number of carbonyl (C=O) groups is 2. The number of furan rings is 1. The Morgan fingerprint density at radius 3 is 2.65 bits per heavy atom. The predicted octanol–water partition coefficient (Wildman–Crippen LogP) is 2.21. The molecule has 1 fully saturated rings. The van der Waals surface area contributed by atoms with E-state index in [4.69, 9.17) is 10.2 Å². The third-order valence-electron chi connectivity index (χ3n) is 4.25. The van der Waals surface area contributed by atoms with Crippen molar-refractivity contribution in [3.05, 3.63) is 48.2 Å². The van der Waals surface area contributed by atoms with Crippen LogP contribution in [0.4, 0.5) is 0 Å². The molecule has 1 aliphatic heterocycles. The molecule has 5 nitrogen and oxygen atoms in total. The largest absolute Gasteiger partial charge is 0.461 e. The number of nitrogens with zero attached hydrogens (tertiary/aromatic N) is 1. The van der Waals surface area contributed by atoms with Crippen molar-refractivity contribution in [1.82, 2.24) is 4.90 Å². The molecule has 1 aliphatic rings. The summed E-state index contributed by atoms with van der Waals surface area (Å²) in [6.45, 7) is 1.06. The Labute approximate surface area is 135 Å². The number of likely N-dealkylation sites (tertiary alicyclic amines) is 1. The van der Waals surface area contributed by atoms with Gasteiger partial charge in [-0.15, -0.1) is 0 Å². The van der Waals surface area contributed by atoms with E-state index >= 15 is 0 Å².